The topological polar surface area (TPSA) is 54.6 Å². The molecule has 0 aliphatic heterocycles. The third kappa shape index (κ3) is 1.71. The van der Waals surface area contributed by atoms with Crippen molar-refractivity contribution in [2.24, 2.45) is 0 Å². The van der Waals surface area contributed by atoms with Crippen LogP contribution >= 0.6 is 15.9 Å². The Labute approximate surface area is 101 Å². The minimum atomic E-state index is -0.950. The van der Waals surface area contributed by atoms with Crippen LogP contribution in [0, 0.1) is 0 Å². The summed E-state index contributed by atoms with van der Waals surface area (Å²) in [5.41, 5.74) is 1.52. The number of hydrogen-bond acceptors (Lipinski definition) is 2. The number of aromatic carboxylic acids is 1. The Kier molecular flexibility index (Phi) is 2.71. The van der Waals surface area contributed by atoms with Crippen LogP contribution in [-0.2, 0) is 0 Å². The Morgan fingerprint density at radius 2 is 2.19 bits per heavy atom. The third-order valence-electron chi connectivity index (χ3n) is 2.36. The number of halogens is 1. The highest BCUT2D eigenvalue weighted by Crippen LogP contribution is 2.22. The zero-order valence-electron chi connectivity index (χ0n) is 8.94. The number of aromatic nitrogens is 2. The van der Waals surface area contributed by atoms with Crippen LogP contribution in [0.5, 0.6) is 0 Å². The smallest absolute Gasteiger partial charge is 0.354 e. The fraction of sp³-hybridized carbons (Fsp3) is 0.273. The molecule has 2 rings (SSSR count). The number of fused-ring (bicyclic) bond motifs is 1. The second-order valence-electron chi connectivity index (χ2n) is 3.88. The van der Waals surface area contributed by atoms with Crippen molar-refractivity contribution in [2.75, 3.05) is 0 Å². The number of imidazole rings is 1. The molecule has 0 unspecified atom stereocenters. The highest BCUT2D eigenvalue weighted by Gasteiger charge is 2.20. The van der Waals surface area contributed by atoms with Crippen LogP contribution in [0.3, 0.4) is 0 Å². The lowest BCUT2D eigenvalue weighted by atomic mass is 10.1. The Bertz CT molecular complexity index is 560. The monoisotopic (exact) mass is 282 g/mol. The molecule has 5 heteroatoms. The third-order valence-corrected chi connectivity index (χ3v) is 2.83. The summed E-state index contributed by atoms with van der Waals surface area (Å²) in [5, 5.41) is 9.22. The Morgan fingerprint density at radius 1 is 1.50 bits per heavy atom. The van der Waals surface area contributed by atoms with Gasteiger partial charge in [-0.3, -0.25) is 4.40 Å². The molecule has 84 valence electrons. The molecule has 0 saturated carbocycles. The van der Waals surface area contributed by atoms with Crippen LogP contribution in [0.25, 0.3) is 5.65 Å². The Balaban J connectivity index is 2.82. The van der Waals surface area contributed by atoms with Gasteiger partial charge in [0, 0.05) is 10.7 Å². The molecule has 2 heterocycles. The van der Waals surface area contributed by atoms with E-state index in [1.54, 1.807) is 16.7 Å². The number of nitrogens with zero attached hydrogens (tertiary/aromatic N) is 2. The summed E-state index contributed by atoms with van der Waals surface area (Å²) in [4.78, 5) is 15.6. The predicted molar refractivity (Wildman–Crippen MR) is 63.9 cm³/mol. The fourth-order valence-electron chi connectivity index (χ4n) is 1.65. The molecular formula is C11H11BrN2O2. The van der Waals surface area contributed by atoms with Gasteiger partial charge in [-0.25, -0.2) is 9.78 Å². The van der Waals surface area contributed by atoms with Gasteiger partial charge in [0.1, 0.15) is 5.65 Å². The maximum atomic E-state index is 11.2. The van der Waals surface area contributed by atoms with Crippen molar-refractivity contribution in [1.82, 2.24) is 9.38 Å². The van der Waals surface area contributed by atoms with Crippen LogP contribution < -0.4 is 0 Å². The van der Waals surface area contributed by atoms with Gasteiger partial charge in [-0.15, -0.1) is 0 Å². The van der Waals surface area contributed by atoms with E-state index in [-0.39, 0.29) is 11.6 Å². The van der Waals surface area contributed by atoms with Crippen molar-refractivity contribution in [2.45, 2.75) is 19.8 Å². The molecule has 16 heavy (non-hydrogen) atoms. The number of hydrogen-bond donors (Lipinski definition) is 1. The molecule has 0 saturated heterocycles. The van der Waals surface area contributed by atoms with Crippen LogP contribution in [-0.4, -0.2) is 20.5 Å². The first-order chi connectivity index (χ1) is 7.50. The minimum Gasteiger partial charge on any atom is -0.477 e. The van der Waals surface area contributed by atoms with E-state index in [0.29, 0.717) is 11.3 Å². The highest BCUT2D eigenvalue weighted by atomic mass is 79.9. The highest BCUT2D eigenvalue weighted by molar-refractivity contribution is 9.10. The summed E-state index contributed by atoms with van der Waals surface area (Å²) >= 11 is 3.32. The molecular weight excluding hydrogens is 272 g/mol. The molecule has 0 radical (unpaired) electrons. The molecule has 0 aliphatic carbocycles. The number of carboxylic acids is 1. The van der Waals surface area contributed by atoms with E-state index in [1.807, 2.05) is 19.9 Å². The first kappa shape index (κ1) is 11.1. The largest absolute Gasteiger partial charge is 0.477 e. The summed E-state index contributed by atoms with van der Waals surface area (Å²) in [6, 6.07) is 3.64. The number of pyridine rings is 1. The Hall–Kier alpha value is -1.36. The van der Waals surface area contributed by atoms with Crippen molar-refractivity contribution in [3.63, 3.8) is 0 Å². The zero-order chi connectivity index (χ0) is 11.9. The first-order valence-corrected chi connectivity index (χ1v) is 5.71. The van der Waals surface area contributed by atoms with E-state index in [1.165, 1.54) is 0 Å². The number of rotatable bonds is 2. The van der Waals surface area contributed by atoms with Crippen molar-refractivity contribution in [3.05, 3.63) is 34.2 Å². The quantitative estimate of drug-likeness (QED) is 0.922. The normalized spacial score (nSPS) is 11.2. The van der Waals surface area contributed by atoms with Gasteiger partial charge < -0.3 is 5.11 Å². The standard InChI is InChI=1S/C11H11BrN2O2/c1-6(2)9-10(11(15)16)14-5-7(12)3-4-8(14)13-9/h3-6H,1-2H3,(H,15,16). The summed E-state index contributed by atoms with van der Waals surface area (Å²) in [6.45, 7) is 3.87. The maximum absolute atomic E-state index is 11.2. The van der Waals surface area contributed by atoms with Gasteiger partial charge in [0.05, 0.1) is 5.69 Å². The van der Waals surface area contributed by atoms with E-state index in [0.717, 1.165) is 4.47 Å². The Morgan fingerprint density at radius 3 is 2.75 bits per heavy atom. The summed E-state index contributed by atoms with van der Waals surface area (Å²) in [5.74, 6) is -0.862. The molecule has 4 nitrogen and oxygen atoms in total. The number of carboxylic acid groups (broad SMARTS) is 1. The zero-order valence-corrected chi connectivity index (χ0v) is 10.5. The molecule has 0 aliphatic rings. The van der Waals surface area contributed by atoms with E-state index < -0.39 is 5.97 Å². The van der Waals surface area contributed by atoms with Gasteiger partial charge >= 0.3 is 5.97 Å². The minimum absolute atomic E-state index is 0.0878. The van der Waals surface area contributed by atoms with E-state index in [9.17, 15) is 9.90 Å². The fourth-order valence-corrected chi connectivity index (χ4v) is 1.99. The first-order valence-electron chi connectivity index (χ1n) is 4.91. The molecule has 0 bridgehead atoms. The molecule has 1 N–H and O–H groups in total. The van der Waals surface area contributed by atoms with Gasteiger partial charge in [0.15, 0.2) is 5.69 Å². The average molecular weight is 283 g/mol. The van der Waals surface area contributed by atoms with Crippen molar-refractivity contribution in [3.8, 4) is 0 Å². The second-order valence-corrected chi connectivity index (χ2v) is 4.80. The van der Waals surface area contributed by atoms with Gasteiger partial charge in [-0.1, -0.05) is 13.8 Å². The van der Waals surface area contributed by atoms with E-state index >= 15 is 0 Å². The molecule has 0 fully saturated rings. The maximum Gasteiger partial charge on any atom is 0.354 e. The SMILES string of the molecule is CC(C)c1nc2ccc(Br)cn2c1C(=O)O. The lowest BCUT2D eigenvalue weighted by Gasteiger charge is -2.02. The van der Waals surface area contributed by atoms with Crippen molar-refractivity contribution >= 4 is 27.5 Å². The van der Waals surface area contributed by atoms with E-state index in [4.69, 9.17) is 0 Å². The average Bonchev–Trinajstić information content (AvgIpc) is 2.55. The molecule has 0 amide bonds. The summed E-state index contributed by atoms with van der Waals surface area (Å²) in [7, 11) is 0. The molecule has 2 aromatic heterocycles. The van der Waals surface area contributed by atoms with Crippen LogP contribution in [0.15, 0.2) is 22.8 Å². The molecule has 2 aromatic rings. The van der Waals surface area contributed by atoms with Gasteiger partial charge in [-0.05, 0) is 34.0 Å². The lowest BCUT2D eigenvalue weighted by molar-refractivity contribution is 0.0687. The van der Waals surface area contributed by atoms with Crippen molar-refractivity contribution < 1.29 is 9.90 Å². The molecule has 0 spiro atoms. The molecule has 0 atom stereocenters. The van der Waals surface area contributed by atoms with Crippen LogP contribution in [0.4, 0.5) is 0 Å². The second kappa shape index (κ2) is 3.90. The van der Waals surface area contributed by atoms with Crippen LogP contribution in [0.1, 0.15) is 35.9 Å². The van der Waals surface area contributed by atoms with Crippen LogP contribution in [0.2, 0.25) is 0 Å². The lowest BCUT2D eigenvalue weighted by Crippen LogP contribution is -2.06. The van der Waals surface area contributed by atoms with Crippen molar-refractivity contribution in [1.29, 1.82) is 0 Å². The van der Waals surface area contributed by atoms with Gasteiger partial charge in [0.25, 0.3) is 0 Å². The number of carbonyl (C=O) groups is 1. The summed E-state index contributed by atoms with van der Waals surface area (Å²) < 4.78 is 2.43. The van der Waals surface area contributed by atoms with E-state index in [2.05, 4.69) is 20.9 Å². The summed E-state index contributed by atoms with van der Waals surface area (Å²) in [6.07, 6.45) is 1.72. The van der Waals surface area contributed by atoms with Gasteiger partial charge in [-0.2, -0.15) is 0 Å². The molecule has 0 aromatic carbocycles. The van der Waals surface area contributed by atoms with Gasteiger partial charge in [0.2, 0.25) is 0 Å². The predicted octanol–water partition coefficient (Wildman–Crippen LogP) is 2.92.